The molecule has 0 saturated carbocycles. The quantitative estimate of drug-likeness (QED) is 0.658. The number of halogens is 3. The van der Waals surface area contributed by atoms with Crippen LogP contribution in [0.15, 0.2) is 22.0 Å². The maximum atomic E-state index is 13.7. The van der Waals surface area contributed by atoms with Crippen LogP contribution in [0.1, 0.15) is 4.88 Å². The zero-order chi connectivity index (χ0) is 14.0. The Hall–Kier alpha value is -1.25. The molecule has 0 spiro atoms. The van der Waals surface area contributed by atoms with Crippen LogP contribution in [-0.2, 0) is 6.54 Å². The van der Waals surface area contributed by atoms with Gasteiger partial charge in [-0.25, -0.2) is 19.6 Å². The number of hydrazine groups is 1. The van der Waals surface area contributed by atoms with Gasteiger partial charge in [0.25, 0.3) is 0 Å². The highest BCUT2D eigenvalue weighted by atomic mass is 79.9. The van der Waals surface area contributed by atoms with Crippen LogP contribution in [0.5, 0.6) is 0 Å². The largest absolute Gasteiger partial charge is 0.352 e. The predicted molar refractivity (Wildman–Crippen MR) is 76.1 cm³/mol. The second-order valence-electron chi connectivity index (χ2n) is 3.86. The molecule has 0 aromatic carbocycles. The Kier molecular flexibility index (Phi) is 4.33. The monoisotopic (exact) mass is 348 g/mol. The summed E-state index contributed by atoms with van der Waals surface area (Å²) in [7, 11) is 1.68. The topological polar surface area (TPSA) is 54.2 Å². The van der Waals surface area contributed by atoms with Crippen molar-refractivity contribution in [3.05, 3.63) is 38.5 Å². The maximum Gasteiger partial charge on any atom is 0.178 e. The first-order chi connectivity index (χ1) is 9.01. The third kappa shape index (κ3) is 3.20. The molecule has 3 N–H and O–H groups in total. The Bertz CT molecular complexity index is 590. The standard InChI is InChI=1S/C11H11BrF2N4S/c1-18(4-7-2-6(12)5-19-7)11-9(14)3-8(13)10(16-11)17-15/h2-3,5H,4,15H2,1H3,(H,16,17). The Morgan fingerprint density at radius 2 is 2.16 bits per heavy atom. The summed E-state index contributed by atoms with van der Waals surface area (Å²) < 4.78 is 27.9. The summed E-state index contributed by atoms with van der Waals surface area (Å²) in [5.41, 5.74) is 2.10. The van der Waals surface area contributed by atoms with Crippen molar-refractivity contribution < 1.29 is 8.78 Å². The second kappa shape index (κ2) is 5.81. The number of nitrogens with zero attached hydrogens (tertiary/aromatic N) is 2. The van der Waals surface area contributed by atoms with Crippen molar-refractivity contribution in [3.8, 4) is 0 Å². The Labute approximate surface area is 121 Å². The number of nitrogen functional groups attached to an aromatic ring is 1. The van der Waals surface area contributed by atoms with Gasteiger partial charge >= 0.3 is 0 Å². The fourth-order valence-corrected chi connectivity index (χ4v) is 3.07. The summed E-state index contributed by atoms with van der Waals surface area (Å²) in [6, 6.07) is 2.70. The lowest BCUT2D eigenvalue weighted by molar-refractivity contribution is 0.572. The van der Waals surface area contributed by atoms with Crippen molar-refractivity contribution >= 4 is 38.9 Å². The third-order valence-corrected chi connectivity index (χ3v) is 4.11. The second-order valence-corrected chi connectivity index (χ2v) is 5.77. The summed E-state index contributed by atoms with van der Waals surface area (Å²) >= 11 is 4.89. The van der Waals surface area contributed by atoms with Crippen LogP contribution in [0.4, 0.5) is 20.4 Å². The van der Waals surface area contributed by atoms with Gasteiger partial charge in [-0.1, -0.05) is 0 Å². The molecule has 0 atom stereocenters. The van der Waals surface area contributed by atoms with Gasteiger partial charge in [-0.3, -0.25) is 0 Å². The predicted octanol–water partition coefficient (Wildman–Crippen LogP) is 3.11. The highest BCUT2D eigenvalue weighted by molar-refractivity contribution is 9.10. The Morgan fingerprint density at radius 1 is 1.42 bits per heavy atom. The first kappa shape index (κ1) is 14.2. The van der Waals surface area contributed by atoms with Crippen molar-refractivity contribution in [1.82, 2.24) is 4.98 Å². The molecule has 102 valence electrons. The lowest BCUT2D eigenvalue weighted by atomic mass is 10.3. The van der Waals surface area contributed by atoms with E-state index >= 15 is 0 Å². The van der Waals surface area contributed by atoms with E-state index in [4.69, 9.17) is 5.84 Å². The SMILES string of the molecule is CN(Cc1cc(Br)cs1)c1nc(NN)c(F)cc1F. The van der Waals surface area contributed by atoms with E-state index in [1.807, 2.05) is 11.4 Å². The van der Waals surface area contributed by atoms with Crippen molar-refractivity contribution in [3.63, 3.8) is 0 Å². The van der Waals surface area contributed by atoms with E-state index in [-0.39, 0.29) is 11.6 Å². The van der Waals surface area contributed by atoms with Crippen LogP contribution in [0.3, 0.4) is 0 Å². The van der Waals surface area contributed by atoms with Gasteiger partial charge < -0.3 is 10.3 Å². The average Bonchev–Trinajstić information content (AvgIpc) is 2.74. The number of thiophene rings is 1. The number of anilines is 2. The van der Waals surface area contributed by atoms with Crippen molar-refractivity contribution in [1.29, 1.82) is 0 Å². The number of rotatable bonds is 4. The van der Waals surface area contributed by atoms with Crippen LogP contribution in [0, 0.1) is 11.6 Å². The van der Waals surface area contributed by atoms with E-state index < -0.39 is 11.6 Å². The molecule has 0 saturated heterocycles. The molecule has 2 heterocycles. The fraction of sp³-hybridized carbons (Fsp3) is 0.182. The van der Waals surface area contributed by atoms with Crippen molar-refractivity contribution in [2.24, 2.45) is 5.84 Å². The van der Waals surface area contributed by atoms with Gasteiger partial charge in [0, 0.05) is 27.8 Å². The first-order valence-corrected chi connectivity index (χ1v) is 6.95. The van der Waals surface area contributed by atoms with E-state index in [1.165, 1.54) is 11.3 Å². The summed E-state index contributed by atoms with van der Waals surface area (Å²) in [4.78, 5) is 6.45. The van der Waals surface area contributed by atoms with E-state index in [9.17, 15) is 8.78 Å². The summed E-state index contributed by atoms with van der Waals surface area (Å²) in [6.07, 6.45) is 0. The maximum absolute atomic E-state index is 13.7. The van der Waals surface area contributed by atoms with E-state index in [2.05, 4.69) is 26.3 Å². The molecule has 2 rings (SSSR count). The van der Waals surface area contributed by atoms with Gasteiger partial charge in [0.05, 0.1) is 6.54 Å². The molecule has 2 aromatic heterocycles. The third-order valence-electron chi connectivity index (χ3n) is 2.42. The number of pyridine rings is 1. The van der Waals surface area contributed by atoms with E-state index in [1.54, 1.807) is 11.9 Å². The molecule has 4 nitrogen and oxygen atoms in total. The molecule has 0 bridgehead atoms. The van der Waals surface area contributed by atoms with Crippen LogP contribution < -0.4 is 16.2 Å². The molecule has 19 heavy (non-hydrogen) atoms. The average molecular weight is 349 g/mol. The number of hydrogen-bond acceptors (Lipinski definition) is 5. The molecule has 2 aromatic rings. The molecule has 0 aliphatic carbocycles. The molecule has 0 aliphatic rings. The smallest absolute Gasteiger partial charge is 0.178 e. The minimum absolute atomic E-state index is 0.0406. The van der Waals surface area contributed by atoms with Crippen LogP contribution in [-0.4, -0.2) is 12.0 Å². The van der Waals surface area contributed by atoms with Crippen LogP contribution >= 0.6 is 27.3 Å². The van der Waals surface area contributed by atoms with Crippen LogP contribution in [0.25, 0.3) is 0 Å². The lowest BCUT2D eigenvalue weighted by Crippen LogP contribution is -2.20. The van der Waals surface area contributed by atoms with Gasteiger partial charge in [0.1, 0.15) is 0 Å². The summed E-state index contributed by atoms with van der Waals surface area (Å²) in [5, 5.41) is 1.94. The van der Waals surface area contributed by atoms with E-state index in [0.29, 0.717) is 6.54 Å². The number of hydrogen-bond donors (Lipinski definition) is 2. The Balaban J connectivity index is 2.25. The van der Waals surface area contributed by atoms with E-state index in [0.717, 1.165) is 15.4 Å². The molecule has 0 radical (unpaired) electrons. The highest BCUT2D eigenvalue weighted by Gasteiger charge is 2.15. The fourth-order valence-electron chi connectivity index (χ4n) is 1.57. The lowest BCUT2D eigenvalue weighted by Gasteiger charge is -2.18. The minimum Gasteiger partial charge on any atom is -0.352 e. The zero-order valence-electron chi connectivity index (χ0n) is 9.95. The zero-order valence-corrected chi connectivity index (χ0v) is 12.4. The van der Waals surface area contributed by atoms with Gasteiger partial charge in [-0.2, -0.15) is 0 Å². The molecular formula is C11H11BrF2N4S. The molecule has 0 unspecified atom stereocenters. The summed E-state index contributed by atoms with van der Waals surface area (Å²) in [6.45, 7) is 0.468. The molecular weight excluding hydrogens is 338 g/mol. The Morgan fingerprint density at radius 3 is 2.74 bits per heavy atom. The minimum atomic E-state index is -0.823. The first-order valence-electron chi connectivity index (χ1n) is 5.28. The molecule has 0 aliphatic heterocycles. The summed E-state index contributed by atoms with van der Waals surface area (Å²) in [5.74, 6) is 3.43. The number of nitrogens with two attached hydrogens (primary N) is 1. The molecule has 0 amide bonds. The normalized spacial score (nSPS) is 10.6. The van der Waals surface area contributed by atoms with Gasteiger partial charge in [0.2, 0.25) is 0 Å². The van der Waals surface area contributed by atoms with Crippen molar-refractivity contribution in [2.75, 3.05) is 17.4 Å². The molecule has 8 heteroatoms. The van der Waals surface area contributed by atoms with Crippen molar-refractivity contribution in [2.45, 2.75) is 6.54 Å². The van der Waals surface area contributed by atoms with Crippen LogP contribution in [0.2, 0.25) is 0 Å². The molecule has 0 fully saturated rings. The number of aromatic nitrogens is 1. The highest BCUT2D eigenvalue weighted by Crippen LogP contribution is 2.25. The van der Waals surface area contributed by atoms with Gasteiger partial charge in [0.15, 0.2) is 23.3 Å². The van der Waals surface area contributed by atoms with Gasteiger partial charge in [-0.05, 0) is 22.0 Å². The number of nitrogens with one attached hydrogen (secondary N) is 1. The van der Waals surface area contributed by atoms with Gasteiger partial charge in [-0.15, -0.1) is 11.3 Å².